The first kappa shape index (κ1) is 24.6. The summed E-state index contributed by atoms with van der Waals surface area (Å²) in [7, 11) is 0. The van der Waals surface area contributed by atoms with Crippen molar-refractivity contribution in [1.29, 1.82) is 0 Å². The Bertz CT molecular complexity index is 1070. The second-order valence-electron chi connectivity index (χ2n) is 9.90. The van der Waals surface area contributed by atoms with Crippen molar-refractivity contribution in [3.8, 4) is 0 Å². The minimum atomic E-state index is 0.525. The second-order valence-corrected chi connectivity index (χ2v) is 10.3. The molecule has 0 radical (unpaired) electrons. The fourth-order valence-electron chi connectivity index (χ4n) is 4.85. The molecule has 180 valence electrons. The van der Waals surface area contributed by atoms with Crippen LogP contribution >= 0.6 is 11.6 Å². The van der Waals surface area contributed by atoms with Crippen LogP contribution in [0.4, 0.5) is 5.69 Å². The van der Waals surface area contributed by atoms with Gasteiger partial charge < -0.3 is 10.2 Å². The van der Waals surface area contributed by atoms with Gasteiger partial charge in [-0.25, -0.2) is 0 Å². The van der Waals surface area contributed by atoms with Gasteiger partial charge in [-0.3, -0.25) is 4.90 Å². The zero-order valence-electron chi connectivity index (χ0n) is 20.9. The maximum Gasteiger partial charge on any atom is 0.0455 e. The average molecular weight is 476 g/mol. The number of nitrogens with one attached hydrogen (secondary N) is 1. The molecule has 2 aromatic rings. The van der Waals surface area contributed by atoms with Crippen LogP contribution in [0.15, 0.2) is 78.8 Å². The van der Waals surface area contributed by atoms with Crippen molar-refractivity contribution in [2.24, 2.45) is 5.92 Å². The van der Waals surface area contributed by atoms with Crippen LogP contribution in [0.1, 0.15) is 50.3 Å². The first-order valence-electron chi connectivity index (χ1n) is 12.6. The molecule has 34 heavy (non-hydrogen) atoms. The molecule has 1 atom stereocenters. The number of nitrogens with zero attached hydrogens (tertiary/aromatic N) is 2. The molecule has 0 fully saturated rings. The van der Waals surface area contributed by atoms with Crippen LogP contribution in [0.25, 0.3) is 0 Å². The van der Waals surface area contributed by atoms with E-state index in [4.69, 9.17) is 11.6 Å². The van der Waals surface area contributed by atoms with Crippen molar-refractivity contribution in [3.05, 3.63) is 101 Å². The van der Waals surface area contributed by atoms with E-state index in [9.17, 15) is 0 Å². The summed E-state index contributed by atoms with van der Waals surface area (Å²) in [6.07, 6.45) is 11.1. The highest BCUT2D eigenvalue weighted by Crippen LogP contribution is 2.30. The average Bonchev–Trinajstić information content (AvgIpc) is 2.86. The Kier molecular flexibility index (Phi) is 8.18. The van der Waals surface area contributed by atoms with Crippen LogP contribution in [0.5, 0.6) is 0 Å². The van der Waals surface area contributed by atoms with Crippen molar-refractivity contribution in [2.45, 2.75) is 59.0 Å². The summed E-state index contributed by atoms with van der Waals surface area (Å²) in [6, 6.07) is 15.6. The van der Waals surface area contributed by atoms with Crippen LogP contribution in [0.2, 0.25) is 5.02 Å². The van der Waals surface area contributed by atoms with E-state index in [1.54, 1.807) is 0 Å². The van der Waals surface area contributed by atoms with Crippen molar-refractivity contribution in [1.82, 2.24) is 10.2 Å². The first-order chi connectivity index (χ1) is 16.4. The van der Waals surface area contributed by atoms with Crippen LogP contribution in [0, 0.1) is 5.92 Å². The summed E-state index contributed by atoms with van der Waals surface area (Å²) in [5, 5.41) is 4.47. The van der Waals surface area contributed by atoms with Gasteiger partial charge in [0.1, 0.15) is 0 Å². The van der Waals surface area contributed by atoms with Gasteiger partial charge >= 0.3 is 0 Å². The minimum Gasteiger partial charge on any atom is -0.383 e. The molecule has 1 aliphatic carbocycles. The third kappa shape index (κ3) is 5.95. The number of aryl methyl sites for hydroxylation is 1. The number of rotatable bonds is 8. The fourth-order valence-corrected chi connectivity index (χ4v) is 5.06. The van der Waals surface area contributed by atoms with E-state index in [0.717, 1.165) is 49.5 Å². The Morgan fingerprint density at radius 1 is 1.24 bits per heavy atom. The van der Waals surface area contributed by atoms with Gasteiger partial charge in [0.15, 0.2) is 0 Å². The monoisotopic (exact) mass is 475 g/mol. The molecule has 2 aromatic carbocycles. The Morgan fingerprint density at radius 2 is 2.06 bits per heavy atom. The number of allylic oxidation sites excluding steroid dienone is 1. The number of halogens is 1. The molecular formula is C30H38ClN3. The van der Waals surface area contributed by atoms with E-state index >= 15 is 0 Å². The maximum atomic E-state index is 6.35. The second kappa shape index (κ2) is 11.3. The third-order valence-corrected chi connectivity index (χ3v) is 7.67. The van der Waals surface area contributed by atoms with Crippen molar-refractivity contribution in [3.63, 3.8) is 0 Å². The molecule has 1 unspecified atom stereocenters. The quantitative estimate of drug-likeness (QED) is 0.439. The summed E-state index contributed by atoms with van der Waals surface area (Å²) < 4.78 is 0. The molecule has 3 nitrogen and oxygen atoms in total. The van der Waals surface area contributed by atoms with Gasteiger partial charge in [-0.2, -0.15) is 0 Å². The van der Waals surface area contributed by atoms with E-state index < -0.39 is 0 Å². The lowest BCUT2D eigenvalue weighted by atomic mass is 9.86. The Morgan fingerprint density at radius 3 is 2.82 bits per heavy atom. The molecule has 0 amide bonds. The van der Waals surface area contributed by atoms with Crippen LogP contribution < -0.4 is 10.2 Å². The molecule has 4 heteroatoms. The van der Waals surface area contributed by atoms with E-state index in [2.05, 4.69) is 79.0 Å². The maximum absolute atomic E-state index is 6.35. The predicted octanol–water partition coefficient (Wildman–Crippen LogP) is 7.09. The Hall–Kier alpha value is -2.49. The number of benzene rings is 2. The number of anilines is 1. The largest absolute Gasteiger partial charge is 0.383 e. The highest BCUT2D eigenvalue weighted by molar-refractivity contribution is 6.31. The van der Waals surface area contributed by atoms with Crippen LogP contribution in [-0.2, 0) is 19.4 Å². The topological polar surface area (TPSA) is 18.5 Å². The number of hydrogen-bond acceptors (Lipinski definition) is 3. The molecule has 0 saturated heterocycles. The Labute approximate surface area is 210 Å². The smallest absolute Gasteiger partial charge is 0.0455 e. The van der Waals surface area contributed by atoms with Gasteiger partial charge in [0.05, 0.1) is 0 Å². The van der Waals surface area contributed by atoms with Gasteiger partial charge in [0.25, 0.3) is 0 Å². The minimum absolute atomic E-state index is 0.525. The van der Waals surface area contributed by atoms with E-state index in [-0.39, 0.29) is 0 Å². The van der Waals surface area contributed by atoms with Crippen LogP contribution in [0.3, 0.4) is 0 Å². The van der Waals surface area contributed by atoms with Gasteiger partial charge in [0.2, 0.25) is 0 Å². The zero-order valence-corrected chi connectivity index (χ0v) is 21.6. The first-order valence-corrected chi connectivity index (χ1v) is 12.9. The highest BCUT2D eigenvalue weighted by Gasteiger charge is 2.26. The summed E-state index contributed by atoms with van der Waals surface area (Å²) in [4.78, 5) is 4.83. The van der Waals surface area contributed by atoms with Gasteiger partial charge in [-0.15, -0.1) is 0 Å². The third-order valence-electron chi connectivity index (χ3n) is 7.30. The molecule has 0 bridgehead atoms. The van der Waals surface area contributed by atoms with E-state index in [0.29, 0.717) is 12.0 Å². The summed E-state index contributed by atoms with van der Waals surface area (Å²) in [5.74, 6) is 0.525. The van der Waals surface area contributed by atoms with Crippen molar-refractivity contribution < 1.29 is 0 Å². The van der Waals surface area contributed by atoms with Crippen LogP contribution in [-0.4, -0.2) is 24.0 Å². The molecule has 1 N–H and O–H groups in total. The predicted molar refractivity (Wildman–Crippen MR) is 146 cm³/mol. The lowest BCUT2D eigenvalue weighted by Gasteiger charge is -2.38. The van der Waals surface area contributed by atoms with Crippen molar-refractivity contribution >= 4 is 17.3 Å². The molecule has 0 spiro atoms. The molecular weight excluding hydrogens is 438 g/mol. The molecule has 0 saturated carbocycles. The zero-order chi connectivity index (χ0) is 24.1. The molecule has 1 heterocycles. The van der Waals surface area contributed by atoms with E-state index in [1.807, 2.05) is 24.4 Å². The van der Waals surface area contributed by atoms with Gasteiger partial charge in [-0.05, 0) is 73.4 Å². The number of fused-ring (bicyclic) bond motifs is 1. The summed E-state index contributed by atoms with van der Waals surface area (Å²) >= 11 is 6.35. The molecule has 4 rings (SSSR count). The van der Waals surface area contributed by atoms with Gasteiger partial charge in [0, 0.05) is 54.5 Å². The summed E-state index contributed by atoms with van der Waals surface area (Å²) in [5.41, 5.74) is 8.00. The Balaban J connectivity index is 1.42. The summed E-state index contributed by atoms with van der Waals surface area (Å²) in [6.45, 7) is 13.6. The lowest BCUT2D eigenvalue weighted by molar-refractivity contribution is 0.186. The standard InChI is InChI=1S/C30H38ClN3/c1-5-33(20-23(4)22(2)3)28-14-12-24-13-15-29(18-26(24)17-28)34-16-8-10-27(21-34)32-19-25-9-6-7-11-30(25)31/h5-7,9-12,14,17,20,22,29,32H,1,8,13,15-16,18-19,21H2,2-4H3/b23-20-. The van der Waals surface area contributed by atoms with Gasteiger partial charge in [-0.1, -0.05) is 67.9 Å². The molecule has 1 aliphatic heterocycles. The molecule has 2 aliphatic rings. The molecule has 0 aromatic heterocycles. The normalized spacial score (nSPS) is 18.9. The van der Waals surface area contributed by atoms with Crippen molar-refractivity contribution in [2.75, 3.05) is 18.0 Å². The fraction of sp³-hybridized carbons (Fsp3) is 0.400. The number of hydrogen-bond donors (Lipinski definition) is 1. The SMILES string of the molecule is C=CN(/C=C(/C)C(C)C)c1ccc2c(c1)CC(N1CCC=C(NCc3ccccc3Cl)C1)CC2. The van der Waals surface area contributed by atoms with E-state index in [1.165, 1.54) is 34.5 Å². The lowest BCUT2D eigenvalue weighted by Crippen LogP contribution is -2.44. The highest BCUT2D eigenvalue weighted by atomic mass is 35.5.